The van der Waals surface area contributed by atoms with E-state index in [2.05, 4.69) is 45.6 Å². The molecule has 4 rings (SSSR count). The van der Waals surface area contributed by atoms with Gasteiger partial charge in [0.15, 0.2) is 0 Å². The van der Waals surface area contributed by atoms with Crippen molar-refractivity contribution in [3.05, 3.63) is 24.7 Å². The van der Waals surface area contributed by atoms with Crippen LogP contribution < -0.4 is 15.5 Å². The van der Waals surface area contributed by atoms with Crippen molar-refractivity contribution < 1.29 is 4.79 Å². The van der Waals surface area contributed by atoms with E-state index in [0.717, 1.165) is 25.1 Å². The third kappa shape index (κ3) is 4.61. The number of hydrogen-bond donors (Lipinski definition) is 2. The summed E-state index contributed by atoms with van der Waals surface area (Å²) in [4.78, 5) is 23.4. The molecule has 2 aromatic rings. The zero-order chi connectivity index (χ0) is 20.6. The molecule has 3 heterocycles. The molecule has 2 aromatic heterocycles. The molecule has 1 aliphatic carbocycles. The summed E-state index contributed by atoms with van der Waals surface area (Å²) in [6, 6.07) is 4.02. The molecular formula is C20H28Cl2N8O. The van der Waals surface area contributed by atoms with Crippen LogP contribution in [0.5, 0.6) is 0 Å². The molecule has 0 radical (unpaired) electrons. The van der Waals surface area contributed by atoms with E-state index >= 15 is 0 Å². The molecule has 1 aliphatic heterocycles. The number of likely N-dealkylation sites (N-methyl/N-ethyl adjacent to an activating group) is 1. The molecular weight excluding hydrogens is 439 g/mol. The molecule has 2 N–H and O–H groups in total. The molecule has 9 nitrogen and oxygen atoms in total. The lowest BCUT2D eigenvalue weighted by Crippen LogP contribution is -2.37. The van der Waals surface area contributed by atoms with Crippen LogP contribution in [0.25, 0.3) is 0 Å². The Bertz CT molecular complexity index is 968. The standard InChI is InChI=1S/C20H26N8O.2ClH/c1-19(2,13-22-3)28-11-15(10-24-28)25-18-23-8-6-16(26-18)27-9-7-20(12-21,17(27)29)14-4-5-14;;/h6,8,10-11,14,22H,4-5,7,9,13H2,1-3H3,(H,23,25,26);2*1H/t20-;;/m1../s1. The first-order valence-electron chi connectivity index (χ1n) is 9.93. The maximum atomic E-state index is 13.0. The van der Waals surface area contributed by atoms with Gasteiger partial charge in [-0.05, 0) is 52.1 Å². The van der Waals surface area contributed by atoms with Crippen molar-refractivity contribution in [3.8, 4) is 6.07 Å². The van der Waals surface area contributed by atoms with Crippen LogP contribution in [0.1, 0.15) is 33.1 Å². The summed E-state index contributed by atoms with van der Waals surface area (Å²) in [5.74, 6) is 0.973. The molecule has 1 saturated carbocycles. The molecule has 1 amide bonds. The van der Waals surface area contributed by atoms with Crippen molar-refractivity contribution in [2.45, 2.75) is 38.6 Å². The maximum absolute atomic E-state index is 13.0. The van der Waals surface area contributed by atoms with Gasteiger partial charge in [-0.1, -0.05) is 0 Å². The molecule has 0 bridgehead atoms. The number of halogens is 2. The number of carbonyl (C=O) groups excluding carboxylic acids is 1. The summed E-state index contributed by atoms with van der Waals surface area (Å²) in [5, 5.41) is 20.4. The second-order valence-corrected chi connectivity index (χ2v) is 8.44. The highest BCUT2D eigenvalue weighted by Crippen LogP contribution is 2.51. The number of nitrogens with zero attached hydrogens (tertiary/aromatic N) is 6. The van der Waals surface area contributed by atoms with Gasteiger partial charge < -0.3 is 10.6 Å². The van der Waals surface area contributed by atoms with E-state index in [1.165, 1.54) is 0 Å². The fourth-order valence-electron chi connectivity index (χ4n) is 4.03. The number of nitriles is 1. The average molecular weight is 467 g/mol. The molecule has 1 saturated heterocycles. The molecule has 31 heavy (non-hydrogen) atoms. The van der Waals surface area contributed by atoms with Gasteiger partial charge in [-0.25, -0.2) is 4.98 Å². The molecule has 168 valence electrons. The van der Waals surface area contributed by atoms with Crippen LogP contribution in [0.3, 0.4) is 0 Å². The monoisotopic (exact) mass is 466 g/mol. The van der Waals surface area contributed by atoms with E-state index in [1.54, 1.807) is 23.4 Å². The average Bonchev–Trinajstić information content (AvgIpc) is 3.34. The van der Waals surface area contributed by atoms with E-state index in [0.29, 0.717) is 24.7 Å². The molecule has 11 heteroatoms. The van der Waals surface area contributed by atoms with E-state index in [4.69, 9.17) is 0 Å². The summed E-state index contributed by atoms with van der Waals surface area (Å²) in [7, 11) is 1.91. The highest BCUT2D eigenvalue weighted by atomic mass is 35.5. The van der Waals surface area contributed by atoms with Crippen LogP contribution in [0.2, 0.25) is 0 Å². The van der Waals surface area contributed by atoms with Crippen LogP contribution in [-0.4, -0.2) is 45.8 Å². The second-order valence-electron chi connectivity index (χ2n) is 8.44. The Morgan fingerprint density at radius 2 is 2.10 bits per heavy atom. The molecule has 0 unspecified atom stereocenters. The summed E-state index contributed by atoms with van der Waals surface area (Å²) in [6.45, 7) is 5.48. The number of hydrogen-bond acceptors (Lipinski definition) is 7. The van der Waals surface area contributed by atoms with Crippen LogP contribution in [-0.2, 0) is 10.3 Å². The van der Waals surface area contributed by atoms with Gasteiger partial charge in [0.2, 0.25) is 11.9 Å². The van der Waals surface area contributed by atoms with Gasteiger partial charge >= 0.3 is 0 Å². The van der Waals surface area contributed by atoms with Crippen molar-refractivity contribution in [3.63, 3.8) is 0 Å². The van der Waals surface area contributed by atoms with E-state index in [-0.39, 0.29) is 42.2 Å². The van der Waals surface area contributed by atoms with Crippen molar-refractivity contribution in [1.29, 1.82) is 5.26 Å². The number of amides is 1. The normalized spacial score (nSPS) is 20.6. The summed E-state index contributed by atoms with van der Waals surface area (Å²) in [5.41, 5.74) is -0.287. The third-order valence-corrected chi connectivity index (χ3v) is 5.82. The lowest BCUT2D eigenvalue weighted by molar-refractivity contribution is -0.123. The predicted molar refractivity (Wildman–Crippen MR) is 123 cm³/mol. The van der Waals surface area contributed by atoms with Gasteiger partial charge in [0, 0.05) is 25.5 Å². The zero-order valence-electron chi connectivity index (χ0n) is 17.8. The lowest BCUT2D eigenvalue weighted by atomic mass is 9.83. The van der Waals surface area contributed by atoms with E-state index in [9.17, 15) is 10.1 Å². The van der Waals surface area contributed by atoms with E-state index in [1.807, 2.05) is 17.9 Å². The predicted octanol–water partition coefficient (Wildman–Crippen LogP) is 2.87. The minimum Gasteiger partial charge on any atom is -0.321 e. The van der Waals surface area contributed by atoms with Gasteiger partial charge in [-0.2, -0.15) is 15.3 Å². The highest BCUT2D eigenvalue weighted by Gasteiger charge is 2.57. The van der Waals surface area contributed by atoms with Crippen LogP contribution in [0, 0.1) is 22.7 Å². The third-order valence-electron chi connectivity index (χ3n) is 5.82. The Morgan fingerprint density at radius 3 is 2.74 bits per heavy atom. The first-order chi connectivity index (χ1) is 13.9. The van der Waals surface area contributed by atoms with Gasteiger partial charge in [-0.3, -0.25) is 14.4 Å². The zero-order valence-corrected chi connectivity index (χ0v) is 19.5. The molecule has 0 spiro atoms. The first kappa shape index (κ1) is 24.9. The SMILES string of the molecule is CNCC(C)(C)n1cc(Nc2nccc(N3CC[C@@](C#N)(C4CC4)C3=O)n2)cn1.Cl.Cl. The summed E-state index contributed by atoms with van der Waals surface area (Å²) >= 11 is 0. The smallest absolute Gasteiger partial charge is 0.248 e. The van der Waals surface area contributed by atoms with E-state index < -0.39 is 5.41 Å². The molecule has 2 aliphatic rings. The first-order valence-corrected chi connectivity index (χ1v) is 9.93. The fraction of sp³-hybridized carbons (Fsp3) is 0.550. The Labute approximate surface area is 194 Å². The Kier molecular flexibility index (Phi) is 7.53. The minimum absolute atomic E-state index is 0. The number of carbonyl (C=O) groups is 1. The fourth-order valence-corrected chi connectivity index (χ4v) is 4.03. The Hall–Kier alpha value is -2.41. The number of anilines is 3. The van der Waals surface area contributed by atoms with Crippen LogP contribution in [0.15, 0.2) is 24.7 Å². The number of aromatic nitrogens is 4. The van der Waals surface area contributed by atoms with Gasteiger partial charge in [0.1, 0.15) is 11.2 Å². The summed E-state index contributed by atoms with van der Waals surface area (Å²) in [6.07, 6.45) is 7.73. The van der Waals surface area contributed by atoms with Crippen molar-refractivity contribution in [2.75, 3.05) is 30.4 Å². The number of nitrogens with one attached hydrogen (secondary N) is 2. The van der Waals surface area contributed by atoms with Crippen molar-refractivity contribution in [1.82, 2.24) is 25.1 Å². The van der Waals surface area contributed by atoms with Crippen LogP contribution >= 0.6 is 24.8 Å². The van der Waals surface area contributed by atoms with Gasteiger partial charge in [0.25, 0.3) is 0 Å². The lowest BCUT2D eigenvalue weighted by Gasteiger charge is -2.24. The quantitative estimate of drug-likeness (QED) is 0.644. The van der Waals surface area contributed by atoms with Crippen molar-refractivity contribution >= 4 is 48.2 Å². The Balaban J connectivity index is 0.00000171. The molecule has 2 fully saturated rings. The second kappa shape index (κ2) is 9.39. The molecule has 1 atom stereocenters. The minimum atomic E-state index is -0.876. The van der Waals surface area contributed by atoms with Gasteiger partial charge in [0.05, 0.1) is 23.5 Å². The topological polar surface area (TPSA) is 112 Å². The maximum Gasteiger partial charge on any atom is 0.248 e. The number of rotatable bonds is 7. The van der Waals surface area contributed by atoms with Crippen molar-refractivity contribution in [2.24, 2.45) is 11.3 Å². The van der Waals surface area contributed by atoms with Gasteiger partial charge in [-0.15, -0.1) is 24.8 Å². The highest BCUT2D eigenvalue weighted by molar-refractivity contribution is 6.01. The largest absolute Gasteiger partial charge is 0.321 e. The Morgan fingerprint density at radius 1 is 1.35 bits per heavy atom. The summed E-state index contributed by atoms with van der Waals surface area (Å²) < 4.78 is 1.89. The molecule has 0 aromatic carbocycles. The van der Waals surface area contributed by atoms with Crippen LogP contribution in [0.4, 0.5) is 17.5 Å².